The number of hydrogen-bond acceptors (Lipinski definition) is 2. The Bertz CT molecular complexity index is 211. The summed E-state index contributed by atoms with van der Waals surface area (Å²) in [5, 5.41) is 0. The molecule has 0 bridgehead atoms. The van der Waals surface area contributed by atoms with Crippen molar-refractivity contribution in [3.63, 3.8) is 0 Å². The highest BCUT2D eigenvalue weighted by atomic mass is 32.2. The zero-order valence-corrected chi connectivity index (χ0v) is 9.29. The van der Waals surface area contributed by atoms with E-state index in [2.05, 4.69) is 27.7 Å². The fraction of sp³-hybridized carbons (Fsp3) is 0.889. The standard InChI is InChI=1S/C9H17NOS/c1-7(11)10-6-8(2,3)12-9(10,4)5/h6H2,1-5H3. The molecule has 12 heavy (non-hydrogen) atoms. The monoisotopic (exact) mass is 187 g/mol. The summed E-state index contributed by atoms with van der Waals surface area (Å²) in [6.07, 6.45) is 0. The van der Waals surface area contributed by atoms with E-state index < -0.39 is 0 Å². The number of rotatable bonds is 0. The van der Waals surface area contributed by atoms with E-state index in [0.29, 0.717) is 0 Å². The maximum Gasteiger partial charge on any atom is 0.220 e. The number of carbonyl (C=O) groups is 1. The zero-order valence-electron chi connectivity index (χ0n) is 8.47. The van der Waals surface area contributed by atoms with Crippen molar-refractivity contribution >= 4 is 17.7 Å². The van der Waals surface area contributed by atoms with Crippen molar-refractivity contribution in [3.05, 3.63) is 0 Å². The Hall–Kier alpha value is -0.180. The third kappa shape index (κ3) is 1.76. The lowest BCUT2D eigenvalue weighted by molar-refractivity contribution is -0.130. The fourth-order valence-corrected chi connectivity index (χ4v) is 3.67. The van der Waals surface area contributed by atoms with E-state index in [0.717, 1.165) is 6.54 Å². The van der Waals surface area contributed by atoms with Crippen LogP contribution in [0, 0.1) is 0 Å². The van der Waals surface area contributed by atoms with Crippen molar-refractivity contribution in [2.45, 2.75) is 44.2 Å². The van der Waals surface area contributed by atoms with Gasteiger partial charge in [0.2, 0.25) is 5.91 Å². The van der Waals surface area contributed by atoms with E-state index in [1.807, 2.05) is 16.7 Å². The van der Waals surface area contributed by atoms with Crippen LogP contribution in [0.25, 0.3) is 0 Å². The smallest absolute Gasteiger partial charge is 0.220 e. The molecule has 0 radical (unpaired) electrons. The minimum Gasteiger partial charge on any atom is -0.327 e. The molecule has 2 nitrogen and oxygen atoms in total. The quantitative estimate of drug-likeness (QED) is 0.579. The summed E-state index contributed by atoms with van der Waals surface area (Å²) in [6.45, 7) is 11.1. The first-order valence-corrected chi connectivity index (χ1v) is 5.05. The highest BCUT2D eigenvalue weighted by Gasteiger charge is 2.44. The Balaban J connectivity index is 2.85. The summed E-state index contributed by atoms with van der Waals surface area (Å²) in [6, 6.07) is 0. The Morgan fingerprint density at radius 3 is 2.00 bits per heavy atom. The second-order valence-corrected chi connectivity index (χ2v) is 6.72. The molecule has 0 aliphatic carbocycles. The van der Waals surface area contributed by atoms with Crippen LogP contribution in [-0.4, -0.2) is 27.0 Å². The van der Waals surface area contributed by atoms with Crippen molar-refractivity contribution in [1.29, 1.82) is 0 Å². The Kier molecular flexibility index (Phi) is 2.19. The van der Waals surface area contributed by atoms with Crippen molar-refractivity contribution in [1.82, 2.24) is 4.90 Å². The van der Waals surface area contributed by atoms with Crippen LogP contribution in [0.5, 0.6) is 0 Å². The molecule has 1 fully saturated rings. The van der Waals surface area contributed by atoms with Crippen LogP contribution in [-0.2, 0) is 4.79 Å². The molecule has 0 atom stereocenters. The van der Waals surface area contributed by atoms with Crippen LogP contribution in [0.4, 0.5) is 0 Å². The Morgan fingerprint density at radius 1 is 1.33 bits per heavy atom. The molecule has 1 amide bonds. The van der Waals surface area contributed by atoms with Crippen molar-refractivity contribution < 1.29 is 4.79 Å². The van der Waals surface area contributed by atoms with E-state index in [4.69, 9.17) is 0 Å². The third-order valence-electron chi connectivity index (χ3n) is 2.10. The van der Waals surface area contributed by atoms with E-state index in [-0.39, 0.29) is 15.5 Å². The molecule has 1 aliphatic rings. The second kappa shape index (κ2) is 2.66. The van der Waals surface area contributed by atoms with Gasteiger partial charge in [-0.15, -0.1) is 11.8 Å². The highest BCUT2D eigenvalue weighted by Crippen LogP contribution is 2.46. The van der Waals surface area contributed by atoms with Gasteiger partial charge < -0.3 is 4.90 Å². The van der Waals surface area contributed by atoms with Gasteiger partial charge in [0.15, 0.2) is 0 Å². The van der Waals surface area contributed by atoms with E-state index in [9.17, 15) is 4.79 Å². The van der Waals surface area contributed by atoms with Gasteiger partial charge in [-0.25, -0.2) is 0 Å². The maximum absolute atomic E-state index is 11.3. The molecular formula is C9H17NOS. The number of hydrogen-bond donors (Lipinski definition) is 0. The molecule has 0 aromatic carbocycles. The van der Waals surface area contributed by atoms with Gasteiger partial charge in [-0.2, -0.15) is 0 Å². The van der Waals surface area contributed by atoms with Crippen LogP contribution < -0.4 is 0 Å². The molecule has 0 spiro atoms. The van der Waals surface area contributed by atoms with Gasteiger partial charge in [0.25, 0.3) is 0 Å². The molecule has 1 aliphatic heterocycles. The minimum atomic E-state index is -0.0324. The van der Waals surface area contributed by atoms with E-state index in [1.54, 1.807) is 6.92 Å². The van der Waals surface area contributed by atoms with Crippen LogP contribution in [0.2, 0.25) is 0 Å². The lowest BCUT2D eigenvalue weighted by Crippen LogP contribution is -2.40. The summed E-state index contributed by atoms with van der Waals surface area (Å²) in [7, 11) is 0. The van der Waals surface area contributed by atoms with E-state index >= 15 is 0 Å². The molecule has 1 heterocycles. The van der Waals surface area contributed by atoms with Gasteiger partial charge in [-0.3, -0.25) is 4.79 Å². The fourth-order valence-electron chi connectivity index (χ4n) is 1.83. The molecule has 0 aromatic rings. The topological polar surface area (TPSA) is 20.3 Å². The number of carbonyl (C=O) groups excluding carboxylic acids is 1. The van der Waals surface area contributed by atoms with Gasteiger partial charge in [0.05, 0.1) is 4.87 Å². The SMILES string of the molecule is CC(=O)N1CC(C)(C)SC1(C)C. The predicted octanol–water partition coefficient (Wildman–Crippen LogP) is 2.10. The zero-order chi connectivity index (χ0) is 9.57. The first kappa shape index (κ1) is 9.90. The third-order valence-corrected chi connectivity index (χ3v) is 3.50. The molecule has 1 saturated heterocycles. The van der Waals surface area contributed by atoms with Gasteiger partial charge in [0.1, 0.15) is 0 Å². The number of nitrogens with zero attached hydrogens (tertiary/aromatic N) is 1. The average molecular weight is 187 g/mol. The molecule has 1 rings (SSSR count). The molecule has 0 N–H and O–H groups in total. The second-order valence-electron chi connectivity index (χ2n) is 4.41. The van der Waals surface area contributed by atoms with Crippen LogP contribution >= 0.6 is 11.8 Å². The number of thioether (sulfide) groups is 1. The summed E-state index contributed by atoms with van der Waals surface area (Å²) in [4.78, 5) is 13.2. The van der Waals surface area contributed by atoms with Crippen molar-refractivity contribution in [2.24, 2.45) is 0 Å². The minimum absolute atomic E-state index is 0.0324. The molecule has 3 heteroatoms. The summed E-state index contributed by atoms with van der Waals surface area (Å²) < 4.78 is 0.204. The predicted molar refractivity (Wildman–Crippen MR) is 53.1 cm³/mol. The molecule has 0 aromatic heterocycles. The first-order chi connectivity index (χ1) is 5.25. The summed E-state index contributed by atoms with van der Waals surface area (Å²) in [5.74, 6) is 0.179. The molecular weight excluding hydrogens is 170 g/mol. The summed E-state index contributed by atoms with van der Waals surface area (Å²) in [5.41, 5.74) is 0. The lowest BCUT2D eigenvalue weighted by atomic mass is 10.2. The average Bonchev–Trinajstić information content (AvgIpc) is 1.99. The van der Waals surface area contributed by atoms with Gasteiger partial charge in [-0.1, -0.05) is 0 Å². The number of amides is 1. The highest BCUT2D eigenvalue weighted by molar-refractivity contribution is 8.02. The van der Waals surface area contributed by atoms with Gasteiger partial charge >= 0.3 is 0 Å². The molecule has 70 valence electrons. The van der Waals surface area contributed by atoms with Crippen molar-refractivity contribution in [3.8, 4) is 0 Å². The van der Waals surface area contributed by atoms with Crippen LogP contribution in [0.3, 0.4) is 0 Å². The largest absolute Gasteiger partial charge is 0.327 e. The van der Waals surface area contributed by atoms with E-state index in [1.165, 1.54) is 0 Å². The first-order valence-electron chi connectivity index (χ1n) is 4.23. The maximum atomic E-state index is 11.3. The van der Waals surface area contributed by atoms with Crippen LogP contribution in [0.1, 0.15) is 34.6 Å². The molecule has 0 saturated carbocycles. The Labute approximate surface area is 78.7 Å². The van der Waals surface area contributed by atoms with Crippen molar-refractivity contribution in [2.75, 3.05) is 6.54 Å². The lowest BCUT2D eigenvalue weighted by Gasteiger charge is -2.29. The molecule has 0 unspecified atom stereocenters. The van der Waals surface area contributed by atoms with Crippen LogP contribution in [0.15, 0.2) is 0 Å². The summed E-state index contributed by atoms with van der Waals surface area (Å²) >= 11 is 1.87. The van der Waals surface area contributed by atoms with Gasteiger partial charge in [-0.05, 0) is 27.7 Å². The normalized spacial score (nSPS) is 25.9. The Morgan fingerprint density at radius 2 is 1.83 bits per heavy atom. The van der Waals surface area contributed by atoms with Gasteiger partial charge in [0, 0.05) is 18.2 Å².